The van der Waals surface area contributed by atoms with Crippen LogP contribution in [0.15, 0.2) is 36.0 Å². The number of rotatable bonds is 3. The molecule has 0 aliphatic rings. The fourth-order valence-electron chi connectivity index (χ4n) is 1.24. The molecule has 0 saturated carbocycles. The molecule has 0 unspecified atom stereocenters. The van der Waals surface area contributed by atoms with Crippen molar-refractivity contribution in [3.05, 3.63) is 46.7 Å². The Balaban J connectivity index is 1.96. The average Bonchev–Trinajstić information content (AvgIpc) is 2.74. The molecule has 1 N–H and O–H groups in total. The summed E-state index contributed by atoms with van der Waals surface area (Å²) in [5, 5.41) is 5.62. The highest BCUT2D eigenvalue weighted by Gasteiger charge is 1.98. The molecule has 0 aromatic carbocycles. The zero-order valence-corrected chi connectivity index (χ0v) is 10.1. The van der Waals surface area contributed by atoms with Crippen LogP contribution in [0.25, 0.3) is 6.08 Å². The van der Waals surface area contributed by atoms with Gasteiger partial charge < -0.3 is 5.32 Å². The van der Waals surface area contributed by atoms with Crippen molar-refractivity contribution in [1.82, 2.24) is 9.97 Å². The summed E-state index contributed by atoms with van der Waals surface area (Å²) in [5.74, 6) is -0.179. The van der Waals surface area contributed by atoms with E-state index in [9.17, 15) is 4.79 Å². The van der Waals surface area contributed by atoms with Crippen molar-refractivity contribution < 1.29 is 4.79 Å². The van der Waals surface area contributed by atoms with E-state index in [4.69, 9.17) is 0 Å². The molecule has 2 heterocycles. The lowest BCUT2D eigenvalue weighted by Crippen LogP contribution is -2.07. The molecular weight excluding hydrogens is 234 g/mol. The summed E-state index contributed by atoms with van der Waals surface area (Å²) in [6, 6.07) is 3.47. The van der Waals surface area contributed by atoms with Crippen molar-refractivity contribution in [1.29, 1.82) is 0 Å². The van der Waals surface area contributed by atoms with Crippen molar-refractivity contribution in [3.8, 4) is 0 Å². The van der Waals surface area contributed by atoms with Gasteiger partial charge >= 0.3 is 0 Å². The van der Waals surface area contributed by atoms with E-state index in [-0.39, 0.29) is 5.91 Å². The number of thiazole rings is 1. The van der Waals surface area contributed by atoms with E-state index in [2.05, 4.69) is 15.3 Å². The minimum absolute atomic E-state index is 0.179. The summed E-state index contributed by atoms with van der Waals surface area (Å²) in [4.78, 5) is 19.7. The number of pyridine rings is 1. The number of carbonyl (C=O) groups excluding carboxylic acids is 1. The minimum atomic E-state index is -0.179. The van der Waals surface area contributed by atoms with Crippen LogP contribution >= 0.6 is 11.3 Å². The Labute approximate surface area is 103 Å². The molecule has 17 heavy (non-hydrogen) atoms. The van der Waals surface area contributed by atoms with E-state index in [1.807, 2.05) is 12.3 Å². The Kier molecular flexibility index (Phi) is 3.62. The molecule has 0 spiro atoms. The monoisotopic (exact) mass is 245 g/mol. The van der Waals surface area contributed by atoms with Gasteiger partial charge in [-0.15, -0.1) is 11.3 Å². The topological polar surface area (TPSA) is 54.9 Å². The summed E-state index contributed by atoms with van der Waals surface area (Å²) in [6.07, 6.45) is 6.42. The van der Waals surface area contributed by atoms with Gasteiger partial charge in [-0.05, 0) is 25.1 Å². The van der Waals surface area contributed by atoms with Gasteiger partial charge in [-0.3, -0.25) is 9.78 Å². The highest BCUT2D eigenvalue weighted by molar-refractivity contribution is 7.09. The normalized spacial score (nSPS) is 10.6. The molecule has 0 radical (unpaired) electrons. The third kappa shape index (κ3) is 3.49. The zero-order chi connectivity index (χ0) is 12.1. The van der Waals surface area contributed by atoms with E-state index in [0.29, 0.717) is 0 Å². The molecule has 2 rings (SSSR count). The maximum Gasteiger partial charge on any atom is 0.248 e. The molecule has 0 aliphatic heterocycles. The second-order valence-electron chi connectivity index (χ2n) is 3.35. The van der Waals surface area contributed by atoms with Crippen molar-refractivity contribution >= 4 is 29.0 Å². The first-order valence-electron chi connectivity index (χ1n) is 5.05. The lowest BCUT2D eigenvalue weighted by molar-refractivity contribution is -0.111. The average molecular weight is 245 g/mol. The predicted octanol–water partition coefficient (Wildman–Crippen LogP) is 2.50. The van der Waals surface area contributed by atoms with E-state index < -0.39 is 0 Å². The van der Waals surface area contributed by atoms with Crippen LogP contribution < -0.4 is 5.32 Å². The fourth-order valence-corrected chi connectivity index (χ4v) is 1.82. The van der Waals surface area contributed by atoms with Crippen LogP contribution in [0.2, 0.25) is 0 Å². The van der Waals surface area contributed by atoms with Gasteiger partial charge in [-0.1, -0.05) is 0 Å². The molecular formula is C12H11N3OS. The summed E-state index contributed by atoms with van der Waals surface area (Å²) < 4.78 is 0. The van der Waals surface area contributed by atoms with Gasteiger partial charge in [0.25, 0.3) is 0 Å². The zero-order valence-electron chi connectivity index (χ0n) is 9.25. The highest BCUT2D eigenvalue weighted by Crippen LogP contribution is 2.09. The molecule has 0 aliphatic carbocycles. The molecule has 4 nitrogen and oxygen atoms in total. The van der Waals surface area contributed by atoms with E-state index in [0.717, 1.165) is 16.4 Å². The SMILES string of the molecule is Cc1nc(/C=C/C(=O)Nc2ccncc2)cs1. The Hall–Kier alpha value is -2.01. The van der Waals surface area contributed by atoms with E-state index >= 15 is 0 Å². The van der Waals surface area contributed by atoms with E-state index in [1.54, 1.807) is 41.9 Å². The van der Waals surface area contributed by atoms with Gasteiger partial charge in [0, 0.05) is 29.5 Å². The number of nitrogens with one attached hydrogen (secondary N) is 1. The maximum atomic E-state index is 11.5. The van der Waals surface area contributed by atoms with Crippen molar-refractivity contribution in [3.63, 3.8) is 0 Å². The fraction of sp³-hybridized carbons (Fsp3) is 0.0833. The number of nitrogens with zero attached hydrogens (tertiary/aromatic N) is 2. The Morgan fingerprint density at radius 1 is 1.41 bits per heavy atom. The summed E-state index contributed by atoms with van der Waals surface area (Å²) in [7, 11) is 0. The van der Waals surface area contributed by atoms with Crippen molar-refractivity contribution in [2.45, 2.75) is 6.92 Å². The number of carbonyl (C=O) groups is 1. The van der Waals surface area contributed by atoms with Crippen LogP contribution in [-0.4, -0.2) is 15.9 Å². The van der Waals surface area contributed by atoms with Crippen molar-refractivity contribution in [2.24, 2.45) is 0 Å². The molecule has 0 saturated heterocycles. The summed E-state index contributed by atoms with van der Waals surface area (Å²) >= 11 is 1.56. The number of amides is 1. The summed E-state index contributed by atoms with van der Waals surface area (Å²) in [5.41, 5.74) is 1.53. The molecule has 0 bridgehead atoms. The van der Waals surface area contributed by atoms with Gasteiger partial charge in [0.1, 0.15) is 0 Å². The van der Waals surface area contributed by atoms with Crippen LogP contribution in [0, 0.1) is 6.92 Å². The third-order valence-corrected chi connectivity index (χ3v) is 2.78. The second kappa shape index (κ2) is 5.36. The third-order valence-electron chi connectivity index (χ3n) is 1.99. The molecule has 2 aromatic heterocycles. The lowest BCUT2D eigenvalue weighted by atomic mass is 10.3. The van der Waals surface area contributed by atoms with Crippen LogP contribution in [0.4, 0.5) is 5.69 Å². The first-order valence-corrected chi connectivity index (χ1v) is 5.93. The van der Waals surface area contributed by atoms with Gasteiger partial charge in [0.15, 0.2) is 0 Å². The Morgan fingerprint density at radius 3 is 2.82 bits per heavy atom. The number of aromatic nitrogens is 2. The van der Waals surface area contributed by atoms with Crippen LogP contribution in [-0.2, 0) is 4.79 Å². The molecule has 5 heteroatoms. The van der Waals surface area contributed by atoms with Gasteiger partial charge in [0.05, 0.1) is 10.7 Å². The maximum absolute atomic E-state index is 11.5. The Bertz CT molecular complexity index is 534. The van der Waals surface area contributed by atoms with Crippen LogP contribution in [0.3, 0.4) is 0 Å². The molecule has 0 fully saturated rings. The van der Waals surface area contributed by atoms with Crippen LogP contribution in [0.1, 0.15) is 10.7 Å². The number of hydrogen-bond acceptors (Lipinski definition) is 4. The first kappa shape index (κ1) is 11.5. The number of hydrogen-bond donors (Lipinski definition) is 1. The van der Waals surface area contributed by atoms with Gasteiger partial charge in [-0.2, -0.15) is 0 Å². The number of anilines is 1. The summed E-state index contributed by atoms with van der Waals surface area (Å²) in [6.45, 7) is 1.93. The highest BCUT2D eigenvalue weighted by atomic mass is 32.1. The molecule has 1 amide bonds. The molecule has 0 atom stereocenters. The van der Waals surface area contributed by atoms with E-state index in [1.165, 1.54) is 6.08 Å². The predicted molar refractivity (Wildman–Crippen MR) is 68.8 cm³/mol. The van der Waals surface area contributed by atoms with Gasteiger partial charge in [-0.25, -0.2) is 4.98 Å². The standard InChI is InChI=1S/C12H11N3OS/c1-9-14-11(8-17-9)2-3-12(16)15-10-4-6-13-7-5-10/h2-8H,1H3,(H,13,15,16)/b3-2+. The smallest absolute Gasteiger partial charge is 0.248 e. The molecule has 2 aromatic rings. The Morgan fingerprint density at radius 2 is 2.18 bits per heavy atom. The quantitative estimate of drug-likeness (QED) is 0.845. The van der Waals surface area contributed by atoms with Crippen LogP contribution in [0.5, 0.6) is 0 Å². The minimum Gasteiger partial charge on any atom is -0.322 e. The second-order valence-corrected chi connectivity index (χ2v) is 4.41. The first-order chi connectivity index (χ1) is 8.24. The van der Waals surface area contributed by atoms with Crippen molar-refractivity contribution in [2.75, 3.05) is 5.32 Å². The molecule has 86 valence electrons. The van der Waals surface area contributed by atoms with Gasteiger partial charge in [0.2, 0.25) is 5.91 Å². The number of aryl methyl sites for hydroxylation is 1. The lowest BCUT2D eigenvalue weighted by Gasteiger charge is -1.99. The largest absolute Gasteiger partial charge is 0.322 e.